The third-order valence-corrected chi connectivity index (χ3v) is 6.53. The number of nitrogens with zero attached hydrogens (tertiary/aromatic N) is 2. The number of aromatic nitrogens is 2. The van der Waals surface area contributed by atoms with Crippen LogP contribution in [0.3, 0.4) is 0 Å². The first-order valence-corrected chi connectivity index (χ1v) is 13.0. The standard InChI is InChI=1S/C21H21N3O.C12H13NO2/c1-15-9-11-18(12-10-15)24-20-19(8-5-13-22-20)21(25)23-14-17-7-4-3-6-16(17)2;1-8-4-5-13-10-7-12(15-3)11(14-2)6-9(8)10/h3-13H,14H2,1-2H3,(H,22,24)(H,23,25);4-7H,1-3H3. The van der Waals surface area contributed by atoms with Gasteiger partial charge in [-0.15, -0.1) is 0 Å². The number of nitrogens with one attached hydrogen (secondary N) is 2. The highest BCUT2D eigenvalue weighted by Gasteiger charge is 2.13. The number of fused-ring (bicyclic) bond motifs is 1. The number of carbonyl (C=O) groups excluding carboxylic acids is 1. The Bertz CT molecular complexity index is 1600. The third-order valence-electron chi connectivity index (χ3n) is 6.53. The molecule has 0 fully saturated rings. The van der Waals surface area contributed by atoms with Crippen molar-refractivity contribution in [2.75, 3.05) is 19.5 Å². The van der Waals surface area contributed by atoms with Crippen LogP contribution in [0, 0.1) is 20.8 Å². The zero-order chi connectivity index (χ0) is 28.5. The number of ether oxygens (including phenoxy) is 2. The molecular weight excluding hydrogens is 500 g/mol. The van der Waals surface area contributed by atoms with Crippen molar-refractivity contribution in [2.24, 2.45) is 0 Å². The molecule has 2 heterocycles. The molecule has 7 heteroatoms. The topological polar surface area (TPSA) is 85.4 Å². The van der Waals surface area contributed by atoms with E-state index in [9.17, 15) is 4.79 Å². The number of carbonyl (C=O) groups is 1. The van der Waals surface area contributed by atoms with Gasteiger partial charge in [0.25, 0.3) is 5.91 Å². The van der Waals surface area contributed by atoms with Crippen molar-refractivity contribution in [3.05, 3.63) is 119 Å². The Morgan fingerprint density at radius 3 is 2.23 bits per heavy atom. The van der Waals surface area contributed by atoms with Crippen LogP contribution >= 0.6 is 0 Å². The Kier molecular flexibility index (Phi) is 9.31. The number of anilines is 2. The van der Waals surface area contributed by atoms with Crippen molar-refractivity contribution < 1.29 is 14.3 Å². The van der Waals surface area contributed by atoms with Crippen LogP contribution in [-0.2, 0) is 6.54 Å². The van der Waals surface area contributed by atoms with E-state index in [2.05, 4.69) is 27.5 Å². The normalized spacial score (nSPS) is 10.3. The number of pyridine rings is 2. The molecule has 0 saturated heterocycles. The molecule has 2 N–H and O–H groups in total. The molecule has 5 rings (SSSR count). The fraction of sp³-hybridized carbons (Fsp3) is 0.182. The minimum atomic E-state index is -0.147. The Hall–Kier alpha value is -4.91. The van der Waals surface area contributed by atoms with Crippen molar-refractivity contribution in [1.82, 2.24) is 15.3 Å². The van der Waals surface area contributed by atoms with E-state index >= 15 is 0 Å². The number of aryl methyl sites for hydroxylation is 3. The van der Waals surface area contributed by atoms with E-state index < -0.39 is 0 Å². The number of amides is 1. The molecule has 0 aliphatic carbocycles. The number of hydrogen-bond acceptors (Lipinski definition) is 6. The van der Waals surface area contributed by atoms with Crippen LogP contribution in [0.5, 0.6) is 11.5 Å². The lowest BCUT2D eigenvalue weighted by Gasteiger charge is -2.12. The molecule has 0 saturated carbocycles. The van der Waals surface area contributed by atoms with Gasteiger partial charge in [0, 0.05) is 36.1 Å². The molecule has 40 heavy (non-hydrogen) atoms. The Morgan fingerprint density at radius 2 is 1.50 bits per heavy atom. The highest BCUT2D eigenvalue weighted by Crippen LogP contribution is 2.32. The van der Waals surface area contributed by atoms with Gasteiger partial charge in [0.2, 0.25) is 0 Å². The minimum Gasteiger partial charge on any atom is -0.493 e. The number of methoxy groups -OCH3 is 2. The van der Waals surface area contributed by atoms with Gasteiger partial charge in [-0.3, -0.25) is 9.78 Å². The van der Waals surface area contributed by atoms with Crippen LogP contribution in [-0.4, -0.2) is 30.1 Å². The smallest absolute Gasteiger partial charge is 0.255 e. The van der Waals surface area contributed by atoms with Gasteiger partial charge in [0.15, 0.2) is 11.5 Å². The van der Waals surface area contributed by atoms with Crippen molar-refractivity contribution in [1.29, 1.82) is 0 Å². The summed E-state index contributed by atoms with van der Waals surface area (Å²) in [5, 5.41) is 7.28. The second kappa shape index (κ2) is 13.2. The van der Waals surface area contributed by atoms with Crippen LogP contribution in [0.2, 0.25) is 0 Å². The lowest BCUT2D eigenvalue weighted by molar-refractivity contribution is 0.0951. The molecule has 0 bridgehead atoms. The minimum absolute atomic E-state index is 0.147. The zero-order valence-electron chi connectivity index (χ0n) is 23.5. The van der Waals surface area contributed by atoms with Crippen LogP contribution in [0.15, 0.2) is 91.3 Å². The molecule has 2 aromatic heterocycles. The van der Waals surface area contributed by atoms with Crippen molar-refractivity contribution in [2.45, 2.75) is 27.3 Å². The second-order valence-electron chi connectivity index (χ2n) is 9.35. The van der Waals surface area contributed by atoms with Gasteiger partial charge in [0.1, 0.15) is 5.82 Å². The fourth-order valence-corrected chi connectivity index (χ4v) is 4.15. The summed E-state index contributed by atoms with van der Waals surface area (Å²) in [7, 11) is 3.26. The van der Waals surface area contributed by atoms with E-state index in [1.165, 1.54) is 11.1 Å². The first-order chi connectivity index (χ1) is 19.4. The Labute approximate surface area is 235 Å². The maximum atomic E-state index is 12.6. The van der Waals surface area contributed by atoms with E-state index in [4.69, 9.17) is 9.47 Å². The summed E-state index contributed by atoms with van der Waals surface area (Å²) in [4.78, 5) is 21.2. The summed E-state index contributed by atoms with van der Waals surface area (Å²) >= 11 is 0. The fourth-order valence-electron chi connectivity index (χ4n) is 4.15. The van der Waals surface area contributed by atoms with E-state index in [1.807, 2.05) is 80.6 Å². The molecule has 5 aromatic rings. The van der Waals surface area contributed by atoms with Crippen LogP contribution < -0.4 is 20.1 Å². The zero-order valence-corrected chi connectivity index (χ0v) is 23.5. The first-order valence-electron chi connectivity index (χ1n) is 13.0. The maximum Gasteiger partial charge on any atom is 0.255 e. The van der Waals surface area contributed by atoms with E-state index in [0.29, 0.717) is 23.7 Å². The van der Waals surface area contributed by atoms with E-state index in [-0.39, 0.29) is 5.91 Å². The molecule has 0 aliphatic heterocycles. The molecule has 7 nitrogen and oxygen atoms in total. The summed E-state index contributed by atoms with van der Waals surface area (Å²) in [6.45, 7) is 6.62. The SMILES string of the molecule is COc1cc2nccc(C)c2cc1OC.Cc1ccc(Nc2ncccc2C(=O)NCc2ccccc2C)cc1. The number of hydrogen-bond donors (Lipinski definition) is 2. The average Bonchev–Trinajstić information content (AvgIpc) is 2.98. The molecule has 0 atom stereocenters. The van der Waals surface area contributed by atoms with E-state index in [0.717, 1.165) is 33.5 Å². The Balaban J connectivity index is 0.000000210. The summed E-state index contributed by atoms with van der Waals surface area (Å²) < 4.78 is 10.5. The molecule has 0 aliphatic rings. The quantitative estimate of drug-likeness (QED) is 0.235. The Morgan fingerprint density at radius 1 is 0.775 bits per heavy atom. The summed E-state index contributed by atoms with van der Waals surface area (Å²) in [6.07, 6.45) is 3.47. The summed E-state index contributed by atoms with van der Waals surface area (Å²) in [5.74, 6) is 1.85. The van der Waals surface area contributed by atoms with Gasteiger partial charge >= 0.3 is 0 Å². The lowest BCUT2D eigenvalue weighted by atomic mass is 10.1. The van der Waals surface area contributed by atoms with Crippen molar-refractivity contribution in [3.8, 4) is 11.5 Å². The second-order valence-corrected chi connectivity index (χ2v) is 9.35. The van der Waals surface area contributed by atoms with Gasteiger partial charge in [-0.1, -0.05) is 42.0 Å². The van der Waals surface area contributed by atoms with Gasteiger partial charge in [0.05, 0.1) is 25.3 Å². The van der Waals surface area contributed by atoms with Crippen molar-refractivity contribution >= 4 is 28.3 Å². The van der Waals surface area contributed by atoms with Gasteiger partial charge in [-0.2, -0.15) is 0 Å². The summed E-state index contributed by atoms with van der Waals surface area (Å²) in [6, 6.07) is 25.4. The number of benzene rings is 3. The monoisotopic (exact) mass is 534 g/mol. The van der Waals surface area contributed by atoms with Gasteiger partial charge < -0.3 is 20.1 Å². The van der Waals surface area contributed by atoms with Crippen molar-refractivity contribution in [3.63, 3.8) is 0 Å². The van der Waals surface area contributed by atoms with Gasteiger partial charge in [-0.25, -0.2) is 4.98 Å². The molecule has 1 amide bonds. The highest BCUT2D eigenvalue weighted by atomic mass is 16.5. The molecule has 3 aromatic carbocycles. The lowest BCUT2D eigenvalue weighted by Crippen LogP contribution is -2.24. The highest BCUT2D eigenvalue weighted by molar-refractivity contribution is 5.99. The van der Waals surface area contributed by atoms with Gasteiger partial charge in [-0.05, 0) is 73.9 Å². The third kappa shape index (κ3) is 6.94. The predicted octanol–water partition coefficient (Wildman–Crippen LogP) is 6.93. The molecular formula is C33H34N4O3. The molecule has 204 valence electrons. The predicted molar refractivity (Wildman–Crippen MR) is 161 cm³/mol. The largest absolute Gasteiger partial charge is 0.493 e. The molecule has 0 radical (unpaired) electrons. The van der Waals surface area contributed by atoms with Crippen LogP contribution in [0.25, 0.3) is 10.9 Å². The molecule has 0 unspecified atom stereocenters. The maximum absolute atomic E-state index is 12.6. The van der Waals surface area contributed by atoms with Crippen LogP contribution in [0.1, 0.15) is 32.6 Å². The average molecular weight is 535 g/mol. The first kappa shape index (κ1) is 28.1. The van der Waals surface area contributed by atoms with Crippen LogP contribution in [0.4, 0.5) is 11.5 Å². The summed E-state index contributed by atoms with van der Waals surface area (Å²) in [5.41, 5.74) is 6.98. The molecule has 0 spiro atoms. The number of rotatable bonds is 7. The van der Waals surface area contributed by atoms with E-state index in [1.54, 1.807) is 38.7 Å².